The summed E-state index contributed by atoms with van der Waals surface area (Å²) in [5.41, 5.74) is -1.01. The van der Waals surface area contributed by atoms with Gasteiger partial charge in [0, 0.05) is 57.8 Å². The van der Waals surface area contributed by atoms with Crippen LogP contribution in [-0.2, 0) is 28.6 Å². The van der Waals surface area contributed by atoms with E-state index in [0.717, 1.165) is 38.5 Å². The highest BCUT2D eigenvalue weighted by Crippen LogP contribution is 2.63. The average molecular weight is 437 g/mol. The Labute approximate surface area is 186 Å². The molecule has 0 radical (unpaired) electrons. The molecule has 6 heteroatoms. The maximum absolute atomic E-state index is 11.8. The zero-order chi connectivity index (χ0) is 22.5. The normalized spacial score (nSPS) is 33.6. The van der Waals surface area contributed by atoms with Crippen molar-refractivity contribution >= 4 is 17.3 Å². The predicted octanol–water partition coefficient (Wildman–Crippen LogP) is 4.36. The summed E-state index contributed by atoms with van der Waals surface area (Å²) in [4.78, 5) is 35.4. The summed E-state index contributed by atoms with van der Waals surface area (Å²) in [5, 5.41) is 0. The highest BCUT2D eigenvalue weighted by molar-refractivity contribution is 5.78. The van der Waals surface area contributed by atoms with Crippen molar-refractivity contribution in [2.75, 3.05) is 19.8 Å². The molecular formula is C25H40O6. The molecule has 0 aromatic heterocycles. The molecule has 4 rings (SSSR count). The number of ether oxygens (including phenoxy) is 3. The molecule has 6 nitrogen and oxygen atoms in total. The second-order valence-corrected chi connectivity index (χ2v) is 10.0. The topological polar surface area (TPSA) is 78.9 Å². The number of carbonyl (C=O) groups is 3. The minimum atomic E-state index is -0.336. The lowest BCUT2D eigenvalue weighted by Gasteiger charge is -2.65. The predicted molar refractivity (Wildman–Crippen MR) is 117 cm³/mol. The van der Waals surface area contributed by atoms with Gasteiger partial charge >= 0.3 is 0 Å². The van der Waals surface area contributed by atoms with Crippen molar-refractivity contribution in [1.29, 1.82) is 0 Å². The molecule has 4 saturated carbocycles. The number of hydrogen-bond donors (Lipinski definition) is 0. The van der Waals surface area contributed by atoms with E-state index in [1.807, 2.05) is 20.8 Å². The SMILES string of the molecule is CCC(=O)CCOC12CC3CC(OCCC(=O)CC)(C1)CC(OCCC(=O)CC)(C3)C2. The number of carbonyl (C=O) groups excluding carboxylic acids is 3. The number of Topliss-reactive ketones (excluding diaryl/α,β-unsaturated/α-hetero) is 3. The first-order valence-corrected chi connectivity index (χ1v) is 12.2. The van der Waals surface area contributed by atoms with Gasteiger partial charge in [0.1, 0.15) is 17.3 Å². The summed E-state index contributed by atoms with van der Waals surface area (Å²) in [5.74, 6) is 1.11. The summed E-state index contributed by atoms with van der Waals surface area (Å²) in [6.45, 7) is 6.96. The Morgan fingerprint density at radius 3 is 1.16 bits per heavy atom. The summed E-state index contributed by atoms with van der Waals surface area (Å²) in [6.07, 6.45) is 8.29. The van der Waals surface area contributed by atoms with Gasteiger partial charge in [-0.25, -0.2) is 0 Å². The van der Waals surface area contributed by atoms with Crippen molar-refractivity contribution in [1.82, 2.24) is 0 Å². The molecular weight excluding hydrogens is 396 g/mol. The van der Waals surface area contributed by atoms with Crippen molar-refractivity contribution in [3.8, 4) is 0 Å². The van der Waals surface area contributed by atoms with Crippen LogP contribution in [0.2, 0.25) is 0 Å². The maximum Gasteiger partial charge on any atom is 0.134 e. The van der Waals surface area contributed by atoms with E-state index in [0.29, 0.717) is 64.3 Å². The van der Waals surface area contributed by atoms with E-state index in [9.17, 15) is 14.4 Å². The van der Waals surface area contributed by atoms with Gasteiger partial charge in [-0.3, -0.25) is 14.4 Å². The van der Waals surface area contributed by atoms with E-state index < -0.39 is 0 Å². The standard InChI is InChI=1S/C25H40O6/c1-4-20(26)7-10-29-23-13-19-14-24(16-23,30-11-8-21(27)5-2)18-25(15-19,17-23)31-12-9-22(28)6-3/h19H,4-18H2,1-3H3. The monoisotopic (exact) mass is 436 g/mol. The molecule has 0 heterocycles. The molecule has 31 heavy (non-hydrogen) atoms. The molecule has 176 valence electrons. The Kier molecular flexibility index (Phi) is 8.09. The smallest absolute Gasteiger partial charge is 0.134 e. The average Bonchev–Trinajstić information content (AvgIpc) is 2.71. The van der Waals surface area contributed by atoms with Crippen LogP contribution >= 0.6 is 0 Å². The molecule has 4 aliphatic carbocycles. The van der Waals surface area contributed by atoms with Crippen molar-refractivity contribution in [3.05, 3.63) is 0 Å². The second kappa shape index (κ2) is 10.2. The van der Waals surface area contributed by atoms with Gasteiger partial charge in [0.05, 0.1) is 36.6 Å². The van der Waals surface area contributed by atoms with Gasteiger partial charge in [0.25, 0.3) is 0 Å². The van der Waals surface area contributed by atoms with Gasteiger partial charge < -0.3 is 14.2 Å². The largest absolute Gasteiger partial charge is 0.374 e. The van der Waals surface area contributed by atoms with Crippen LogP contribution in [0.1, 0.15) is 97.8 Å². The molecule has 0 atom stereocenters. The van der Waals surface area contributed by atoms with Crippen molar-refractivity contribution in [2.24, 2.45) is 5.92 Å². The zero-order valence-electron chi connectivity index (χ0n) is 19.6. The Balaban J connectivity index is 1.72. The van der Waals surface area contributed by atoms with E-state index in [1.54, 1.807) is 0 Å². The van der Waals surface area contributed by atoms with Crippen LogP contribution in [0.3, 0.4) is 0 Å². The Morgan fingerprint density at radius 1 is 0.613 bits per heavy atom. The minimum Gasteiger partial charge on any atom is -0.374 e. The van der Waals surface area contributed by atoms with Gasteiger partial charge in [0.15, 0.2) is 0 Å². The van der Waals surface area contributed by atoms with E-state index >= 15 is 0 Å². The van der Waals surface area contributed by atoms with Crippen molar-refractivity contribution < 1.29 is 28.6 Å². The van der Waals surface area contributed by atoms with Crippen LogP contribution in [0, 0.1) is 5.92 Å². The highest BCUT2D eigenvalue weighted by Gasteiger charge is 2.65. The molecule has 4 aliphatic rings. The zero-order valence-corrected chi connectivity index (χ0v) is 19.6. The van der Waals surface area contributed by atoms with E-state index in [-0.39, 0.29) is 34.2 Å². The van der Waals surface area contributed by atoms with E-state index in [2.05, 4.69) is 0 Å². The molecule has 0 amide bonds. The fourth-order valence-electron chi connectivity index (χ4n) is 6.33. The number of hydrogen-bond acceptors (Lipinski definition) is 6. The summed E-state index contributed by atoms with van der Waals surface area (Å²) >= 11 is 0. The van der Waals surface area contributed by atoms with Crippen LogP contribution in [0.15, 0.2) is 0 Å². The Morgan fingerprint density at radius 2 is 0.903 bits per heavy atom. The third-order valence-corrected chi connectivity index (χ3v) is 7.47. The van der Waals surface area contributed by atoms with Crippen LogP contribution in [0.25, 0.3) is 0 Å². The van der Waals surface area contributed by atoms with Crippen LogP contribution < -0.4 is 0 Å². The van der Waals surface area contributed by atoms with E-state index in [4.69, 9.17) is 14.2 Å². The third-order valence-electron chi connectivity index (χ3n) is 7.47. The first kappa shape index (κ1) is 24.5. The maximum atomic E-state index is 11.8. The molecule has 0 aliphatic heterocycles. The molecule has 4 bridgehead atoms. The van der Waals surface area contributed by atoms with E-state index in [1.165, 1.54) is 0 Å². The molecule has 0 unspecified atom stereocenters. The summed E-state index contributed by atoms with van der Waals surface area (Å²) in [7, 11) is 0. The van der Waals surface area contributed by atoms with Crippen LogP contribution in [-0.4, -0.2) is 54.0 Å². The lowest BCUT2D eigenvalue weighted by Crippen LogP contribution is -2.68. The van der Waals surface area contributed by atoms with Crippen molar-refractivity contribution in [2.45, 2.75) is 115 Å². The highest BCUT2D eigenvalue weighted by atomic mass is 16.5. The molecule has 0 aromatic carbocycles. The first-order chi connectivity index (χ1) is 14.8. The summed E-state index contributed by atoms with van der Waals surface area (Å²) in [6, 6.07) is 0. The lowest BCUT2D eigenvalue weighted by atomic mass is 9.50. The minimum absolute atomic E-state index is 0.220. The van der Waals surface area contributed by atoms with Crippen LogP contribution in [0.5, 0.6) is 0 Å². The van der Waals surface area contributed by atoms with Gasteiger partial charge in [-0.05, 0) is 25.2 Å². The molecule has 0 aromatic rings. The van der Waals surface area contributed by atoms with Gasteiger partial charge in [0.2, 0.25) is 0 Å². The lowest BCUT2D eigenvalue weighted by molar-refractivity contribution is -0.290. The molecule has 0 spiro atoms. The van der Waals surface area contributed by atoms with Crippen LogP contribution in [0.4, 0.5) is 0 Å². The molecule has 0 N–H and O–H groups in total. The number of rotatable bonds is 15. The third kappa shape index (κ3) is 6.02. The van der Waals surface area contributed by atoms with Gasteiger partial charge in [-0.2, -0.15) is 0 Å². The quantitative estimate of drug-likeness (QED) is 0.380. The molecule has 0 saturated heterocycles. The Hall–Kier alpha value is -1.11. The second-order valence-electron chi connectivity index (χ2n) is 10.0. The Bertz CT molecular complexity index is 573. The fourth-order valence-corrected chi connectivity index (χ4v) is 6.33. The fraction of sp³-hybridized carbons (Fsp3) is 0.880. The van der Waals surface area contributed by atoms with Gasteiger partial charge in [-0.15, -0.1) is 0 Å². The van der Waals surface area contributed by atoms with Gasteiger partial charge in [-0.1, -0.05) is 20.8 Å². The molecule has 4 fully saturated rings. The summed E-state index contributed by atoms with van der Waals surface area (Å²) < 4.78 is 19.3. The number of ketones is 3. The first-order valence-electron chi connectivity index (χ1n) is 12.2. The van der Waals surface area contributed by atoms with Crippen molar-refractivity contribution in [3.63, 3.8) is 0 Å².